The van der Waals surface area contributed by atoms with Crippen molar-refractivity contribution in [2.45, 2.75) is 0 Å². The van der Waals surface area contributed by atoms with Crippen LogP contribution in [0, 0.1) is 39.4 Å². The lowest BCUT2D eigenvalue weighted by Gasteiger charge is -1.85. The molecule has 0 radical (unpaired) electrons. The summed E-state index contributed by atoms with van der Waals surface area (Å²) in [4.78, 5) is 3.49. The molecule has 1 rings (SSSR count). The Balaban J connectivity index is 3.29. The zero-order valence-corrected chi connectivity index (χ0v) is 5.79. The number of rotatable bonds is 0. The first kappa shape index (κ1) is 7.65. The van der Waals surface area contributed by atoms with Crippen LogP contribution in [0.5, 0.6) is 0 Å². The smallest absolute Gasteiger partial charge is 0.168 e. The van der Waals surface area contributed by atoms with Gasteiger partial charge in [0.15, 0.2) is 11.4 Å². The van der Waals surface area contributed by atoms with E-state index in [-0.39, 0.29) is 22.7 Å². The number of hydrogen-bond acceptors (Lipinski definition) is 5. The van der Waals surface area contributed by atoms with Crippen LogP contribution in [-0.4, -0.2) is 11.4 Å². The fourth-order valence-electron chi connectivity index (χ4n) is 0.731. The van der Waals surface area contributed by atoms with E-state index in [9.17, 15) is 0 Å². The predicted octanol–water partition coefficient (Wildman–Crippen LogP) is 0.286. The van der Waals surface area contributed by atoms with Gasteiger partial charge in [-0.1, -0.05) is 0 Å². The fourth-order valence-corrected chi connectivity index (χ4v) is 0.731. The maximum absolute atomic E-state index is 8.47. The van der Waals surface area contributed by atoms with Crippen LogP contribution < -0.4 is 0 Å². The van der Waals surface area contributed by atoms with E-state index < -0.39 is 0 Å². The Kier molecular flexibility index (Phi) is 1.69. The normalized spacial score (nSPS) is 14.8. The Morgan fingerprint density at radius 2 is 1.75 bits per heavy atom. The Bertz CT molecular complexity index is 432. The van der Waals surface area contributed by atoms with Gasteiger partial charge in [0, 0.05) is 0 Å². The van der Waals surface area contributed by atoms with Crippen LogP contribution in [0.3, 0.4) is 0 Å². The zero-order valence-electron chi connectivity index (χ0n) is 5.79. The summed E-state index contributed by atoms with van der Waals surface area (Å²) in [5.74, 6) is 0. The average molecular weight is 155 g/mol. The molecule has 12 heavy (non-hydrogen) atoms. The highest BCUT2D eigenvalue weighted by Gasteiger charge is 2.23. The molecule has 0 unspecified atom stereocenters. The highest BCUT2D eigenvalue weighted by Crippen LogP contribution is 2.14. The third kappa shape index (κ3) is 0.847. The van der Waals surface area contributed by atoms with E-state index in [1.54, 1.807) is 18.2 Å². The molecule has 1 N–H and O–H groups in total. The molecule has 0 aromatic heterocycles. The van der Waals surface area contributed by atoms with E-state index >= 15 is 0 Å². The third-order valence-electron chi connectivity index (χ3n) is 1.27. The number of nitriles is 3. The summed E-state index contributed by atoms with van der Waals surface area (Å²) in [5, 5.41) is 32.5. The van der Waals surface area contributed by atoms with Crippen LogP contribution in [0.2, 0.25) is 0 Å². The van der Waals surface area contributed by atoms with E-state index in [0.29, 0.717) is 0 Å². The number of nitrogens with zero attached hydrogens (tertiary/aromatic N) is 4. The topological polar surface area (TPSA) is 108 Å². The van der Waals surface area contributed by atoms with Crippen LogP contribution in [0.25, 0.3) is 0 Å². The molecule has 0 saturated carbocycles. The number of nitrogens with one attached hydrogen (secondary N) is 1. The van der Waals surface area contributed by atoms with Crippen molar-refractivity contribution in [2.75, 3.05) is 0 Å². The summed E-state index contributed by atoms with van der Waals surface area (Å²) < 4.78 is 0. The molecule has 5 nitrogen and oxygen atoms in total. The molecule has 54 valence electrons. The molecule has 0 aromatic rings. The molecule has 1 heterocycles. The molecular formula is C7HN5. The van der Waals surface area contributed by atoms with Crippen LogP contribution >= 0.6 is 0 Å². The van der Waals surface area contributed by atoms with Gasteiger partial charge in [-0.15, -0.1) is 0 Å². The summed E-state index contributed by atoms with van der Waals surface area (Å²) in [5.41, 5.74) is -0.729. The van der Waals surface area contributed by atoms with Crippen molar-refractivity contribution in [3.8, 4) is 18.2 Å². The van der Waals surface area contributed by atoms with E-state index in [2.05, 4.69) is 4.99 Å². The Morgan fingerprint density at radius 1 is 1.08 bits per heavy atom. The average Bonchev–Trinajstić information content (AvgIpc) is 2.41. The second-order valence-corrected chi connectivity index (χ2v) is 1.89. The van der Waals surface area contributed by atoms with E-state index in [4.69, 9.17) is 21.2 Å². The maximum Gasteiger partial charge on any atom is 0.168 e. The van der Waals surface area contributed by atoms with Gasteiger partial charge in [0.2, 0.25) is 0 Å². The van der Waals surface area contributed by atoms with Crippen molar-refractivity contribution in [3.63, 3.8) is 0 Å². The third-order valence-corrected chi connectivity index (χ3v) is 1.27. The van der Waals surface area contributed by atoms with Crippen LogP contribution in [0.4, 0.5) is 0 Å². The van der Waals surface area contributed by atoms with Gasteiger partial charge in [-0.25, -0.2) is 4.99 Å². The molecule has 0 aliphatic carbocycles. The molecule has 0 atom stereocenters. The predicted molar refractivity (Wildman–Crippen MR) is 39.0 cm³/mol. The number of aliphatic imine (C=N–C) groups is 1. The largest absolute Gasteiger partial charge is 0.296 e. The SMILES string of the molecule is N#CC1=NC(C#N)=C(C#N)C1=N. The molecule has 0 bridgehead atoms. The summed E-state index contributed by atoms with van der Waals surface area (Å²) in [7, 11) is 0. The first-order chi connectivity index (χ1) is 5.74. The first-order valence-electron chi connectivity index (χ1n) is 2.87. The summed E-state index contributed by atoms with van der Waals surface area (Å²) >= 11 is 0. The first-order valence-corrected chi connectivity index (χ1v) is 2.87. The second kappa shape index (κ2) is 2.65. The molecule has 0 saturated heterocycles. The Hall–Kier alpha value is -2.45. The molecule has 0 fully saturated rings. The van der Waals surface area contributed by atoms with Crippen molar-refractivity contribution >= 4 is 11.4 Å². The molecule has 1 aliphatic heterocycles. The Labute approximate surface area is 68.0 Å². The van der Waals surface area contributed by atoms with Crippen molar-refractivity contribution in [3.05, 3.63) is 11.3 Å². The van der Waals surface area contributed by atoms with Crippen LogP contribution in [-0.2, 0) is 0 Å². The van der Waals surface area contributed by atoms with Crippen molar-refractivity contribution in [1.82, 2.24) is 0 Å². The number of hydrogen-bond donors (Lipinski definition) is 1. The quantitative estimate of drug-likeness (QED) is 0.542. The standard InChI is InChI=1S/C7HN5/c8-1-4-5(2-9)12-6(3-10)7(4)11/h11H. The van der Waals surface area contributed by atoms with Gasteiger partial charge in [-0.2, -0.15) is 15.8 Å². The Morgan fingerprint density at radius 3 is 2.08 bits per heavy atom. The highest BCUT2D eigenvalue weighted by atomic mass is 14.8. The minimum Gasteiger partial charge on any atom is -0.296 e. The lowest BCUT2D eigenvalue weighted by molar-refractivity contribution is 1.38. The van der Waals surface area contributed by atoms with E-state index in [1.807, 2.05) is 0 Å². The zero-order chi connectivity index (χ0) is 9.14. The maximum atomic E-state index is 8.47. The van der Waals surface area contributed by atoms with Crippen molar-refractivity contribution in [2.24, 2.45) is 4.99 Å². The second-order valence-electron chi connectivity index (χ2n) is 1.89. The monoisotopic (exact) mass is 155 g/mol. The van der Waals surface area contributed by atoms with Gasteiger partial charge < -0.3 is 0 Å². The van der Waals surface area contributed by atoms with E-state index in [0.717, 1.165) is 0 Å². The lowest BCUT2D eigenvalue weighted by Crippen LogP contribution is -2.07. The van der Waals surface area contributed by atoms with E-state index in [1.165, 1.54) is 0 Å². The van der Waals surface area contributed by atoms with Gasteiger partial charge in [0.25, 0.3) is 0 Å². The summed E-state index contributed by atoms with van der Waals surface area (Å²) in [6.07, 6.45) is 0. The minimum atomic E-state index is -0.267. The molecule has 5 heteroatoms. The molecule has 0 aromatic carbocycles. The summed E-state index contributed by atoms with van der Waals surface area (Å²) in [6.45, 7) is 0. The molecule has 1 aliphatic rings. The van der Waals surface area contributed by atoms with Gasteiger partial charge in [-0.05, 0) is 0 Å². The highest BCUT2D eigenvalue weighted by molar-refractivity contribution is 6.55. The van der Waals surface area contributed by atoms with Crippen molar-refractivity contribution in [1.29, 1.82) is 21.2 Å². The van der Waals surface area contributed by atoms with Gasteiger partial charge in [0.05, 0.1) is 0 Å². The minimum absolute atomic E-state index is 0.131. The molecular weight excluding hydrogens is 154 g/mol. The van der Waals surface area contributed by atoms with Crippen molar-refractivity contribution < 1.29 is 0 Å². The lowest BCUT2D eigenvalue weighted by atomic mass is 10.1. The molecule has 0 amide bonds. The number of allylic oxidation sites excluding steroid dienone is 2. The van der Waals surface area contributed by atoms with Gasteiger partial charge in [0.1, 0.15) is 29.5 Å². The van der Waals surface area contributed by atoms with Gasteiger partial charge >= 0.3 is 0 Å². The molecule has 0 spiro atoms. The van der Waals surface area contributed by atoms with Gasteiger partial charge in [-0.3, -0.25) is 5.41 Å². The van der Waals surface area contributed by atoms with Crippen LogP contribution in [0.15, 0.2) is 16.3 Å². The fraction of sp³-hybridized carbons (Fsp3) is 0. The summed E-state index contributed by atoms with van der Waals surface area (Å²) in [6, 6.07) is 4.91. The van der Waals surface area contributed by atoms with Crippen LogP contribution in [0.1, 0.15) is 0 Å².